The Balaban J connectivity index is 2.15. The second-order valence-electron chi connectivity index (χ2n) is 3.53. The third-order valence-corrected chi connectivity index (χ3v) is 2.58. The molecule has 0 aromatic carbocycles. The van der Waals surface area contributed by atoms with Crippen LogP contribution in [0.5, 0.6) is 0 Å². The highest BCUT2D eigenvalue weighted by atomic mass is 32.1. The van der Waals surface area contributed by atoms with Crippen molar-refractivity contribution in [1.82, 2.24) is 4.90 Å². The highest BCUT2D eigenvalue weighted by Crippen LogP contribution is 2.07. The molecule has 1 rings (SSSR count). The third-order valence-electron chi connectivity index (χ3n) is 2.37. The SMILES string of the molecule is CC1COCCN1CCCC(N)=S. The molecule has 0 bridgehead atoms. The maximum absolute atomic E-state index is 5.43. The van der Waals surface area contributed by atoms with Gasteiger partial charge in [0.25, 0.3) is 0 Å². The summed E-state index contributed by atoms with van der Waals surface area (Å²) in [5.74, 6) is 0. The minimum atomic E-state index is 0.542. The van der Waals surface area contributed by atoms with Gasteiger partial charge in [0.1, 0.15) is 0 Å². The van der Waals surface area contributed by atoms with Gasteiger partial charge in [0.15, 0.2) is 0 Å². The van der Waals surface area contributed by atoms with Crippen molar-refractivity contribution in [2.24, 2.45) is 5.73 Å². The summed E-state index contributed by atoms with van der Waals surface area (Å²) in [6.07, 6.45) is 1.93. The lowest BCUT2D eigenvalue weighted by Gasteiger charge is -2.33. The normalized spacial score (nSPS) is 24.5. The number of nitrogens with two attached hydrogens (primary N) is 1. The van der Waals surface area contributed by atoms with E-state index in [1.165, 1.54) is 0 Å². The molecule has 13 heavy (non-hydrogen) atoms. The Labute approximate surface area is 85.2 Å². The summed E-state index contributed by atoms with van der Waals surface area (Å²) in [7, 11) is 0. The minimum absolute atomic E-state index is 0.542. The van der Waals surface area contributed by atoms with Crippen molar-refractivity contribution in [2.75, 3.05) is 26.3 Å². The maximum Gasteiger partial charge on any atom is 0.0727 e. The smallest absolute Gasteiger partial charge is 0.0727 e. The minimum Gasteiger partial charge on any atom is -0.393 e. The highest BCUT2D eigenvalue weighted by molar-refractivity contribution is 7.80. The largest absolute Gasteiger partial charge is 0.393 e. The topological polar surface area (TPSA) is 38.5 Å². The van der Waals surface area contributed by atoms with Crippen LogP contribution in [0.1, 0.15) is 19.8 Å². The number of hydrogen-bond acceptors (Lipinski definition) is 3. The molecule has 0 spiro atoms. The van der Waals surface area contributed by atoms with Gasteiger partial charge in [-0.3, -0.25) is 4.90 Å². The van der Waals surface area contributed by atoms with E-state index in [9.17, 15) is 0 Å². The van der Waals surface area contributed by atoms with Gasteiger partial charge in [0.05, 0.1) is 18.2 Å². The zero-order chi connectivity index (χ0) is 9.68. The Kier molecular flexibility index (Phi) is 4.62. The van der Waals surface area contributed by atoms with Crippen LogP contribution in [0.4, 0.5) is 0 Å². The number of nitrogens with zero attached hydrogens (tertiary/aromatic N) is 1. The van der Waals surface area contributed by atoms with Gasteiger partial charge in [0, 0.05) is 12.6 Å². The van der Waals surface area contributed by atoms with E-state index in [1.807, 2.05) is 0 Å². The van der Waals surface area contributed by atoms with Crippen molar-refractivity contribution in [3.05, 3.63) is 0 Å². The van der Waals surface area contributed by atoms with Crippen LogP contribution in [-0.4, -0.2) is 42.2 Å². The molecule has 1 atom stereocenters. The second-order valence-corrected chi connectivity index (χ2v) is 4.05. The van der Waals surface area contributed by atoms with E-state index in [4.69, 9.17) is 22.7 Å². The zero-order valence-electron chi connectivity index (χ0n) is 8.16. The number of morpholine rings is 1. The molecular formula is C9H18N2OS. The number of ether oxygens (including phenoxy) is 1. The Morgan fingerprint density at radius 2 is 2.46 bits per heavy atom. The van der Waals surface area contributed by atoms with E-state index in [0.717, 1.165) is 39.1 Å². The molecule has 2 N–H and O–H groups in total. The van der Waals surface area contributed by atoms with Gasteiger partial charge in [-0.2, -0.15) is 0 Å². The molecule has 1 fully saturated rings. The molecule has 0 aromatic rings. The van der Waals surface area contributed by atoms with Gasteiger partial charge in [-0.1, -0.05) is 12.2 Å². The highest BCUT2D eigenvalue weighted by Gasteiger charge is 2.17. The zero-order valence-corrected chi connectivity index (χ0v) is 8.98. The summed E-state index contributed by atoms with van der Waals surface area (Å²) in [5, 5.41) is 0. The number of rotatable bonds is 4. The summed E-state index contributed by atoms with van der Waals surface area (Å²) in [4.78, 5) is 3.06. The second kappa shape index (κ2) is 5.52. The molecular weight excluding hydrogens is 184 g/mol. The van der Waals surface area contributed by atoms with Crippen LogP contribution >= 0.6 is 12.2 Å². The van der Waals surface area contributed by atoms with E-state index in [-0.39, 0.29) is 0 Å². The van der Waals surface area contributed by atoms with Crippen LogP contribution in [-0.2, 0) is 4.74 Å². The fraction of sp³-hybridized carbons (Fsp3) is 0.889. The molecule has 3 nitrogen and oxygen atoms in total. The van der Waals surface area contributed by atoms with Crippen LogP contribution in [0.2, 0.25) is 0 Å². The molecule has 76 valence electrons. The molecule has 1 aliphatic heterocycles. The molecule has 0 aliphatic carbocycles. The lowest BCUT2D eigenvalue weighted by molar-refractivity contribution is -0.000403. The molecule has 1 aliphatic rings. The molecule has 1 unspecified atom stereocenters. The van der Waals surface area contributed by atoms with Gasteiger partial charge in [0.2, 0.25) is 0 Å². The first kappa shape index (κ1) is 10.9. The van der Waals surface area contributed by atoms with Crippen LogP contribution < -0.4 is 5.73 Å². The van der Waals surface area contributed by atoms with Crippen molar-refractivity contribution in [1.29, 1.82) is 0 Å². The Morgan fingerprint density at radius 3 is 3.08 bits per heavy atom. The maximum atomic E-state index is 5.43. The number of thiocarbonyl (C=S) groups is 1. The first-order valence-electron chi connectivity index (χ1n) is 4.80. The van der Waals surface area contributed by atoms with Crippen molar-refractivity contribution in [3.8, 4) is 0 Å². The molecule has 4 heteroatoms. The fourth-order valence-corrected chi connectivity index (χ4v) is 1.69. The van der Waals surface area contributed by atoms with Gasteiger partial charge in [-0.05, 0) is 26.3 Å². The molecule has 0 amide bonds. The Bertz CT molecular complexity index is 175. The van der Waals surface area contributed by atoms with Gasteiger partial charge < -0.3 is 10.5 Å². The fourth-order valence-electron chi connectivity index (χ4n) is 1.55. The third kappa shape index (κ3) is 4.02. The summed E-state index contributed by atoms with van der Waals surface area (Å²) in [6, 6.07) is 0.542. The van der Waals surface area contributed by atoms with Crippen LogP contribution in [0, 0.1) is 0 Å². The molecule has 0 saturated carbocycles. The van der Waals surface area contributed by atoms with Crippen molar-refractivity contribution in [3.63, 3.8) is 0 Å². The average molecular weight is 202 g/mol. The monoisotopic (exact) mass is 202 g/mol. The molecule has 1 heterocycles. The lowest BCUT2D eigenvalue weighted by atomic mass is 10.2. The standard InChI is InChI=1S/C9H18N2OS/c1-8-7-12-6-5-11(8)4-2-3-9(10)13/h8H,2-7H2,1H3,(H2,10,13). The summed E-state index contributed by atoms with van der Waals surface area (Å²) < 4.78 is 5.35. The predicted molar refractivity (Wildman–Crippen MR) is 57.9 cm³/mol. The first-order chi connectivity index (χ1) is 6.20. The van der Waals surface area contributed by atoms with E-state index < -0.39 is 0 Å². The summed E-state index contributed by atoms with van der Waals surface area (Å²) >= 11 is 4.83. The van der Waals surface area contributed by atoms with Crippen LogP contribution in [0.15, 0.2) is 0 Å². The summed E-state index contributed by atoms with van der Waals surface area (Å²) in [5.41, 5.74) is 5.43. The molecule has 0 radical (unpaired) electrons. The van der Waals surface area contributed by atoms with E-state index in [0.29, 0.717) is 11.0 Å². The first-order valence-corrected chi connectivity index (χ1v) is 5.21. The van der Waals surface area contributed by atoms with Crippen LogP contribution in [0.3, 0.4) is 0 Å². The summed E-state index contributed by atoms with van der Waals surface area (Å²) in [6.45, 7) is 6.03. The lowest BCUT2D eigenvalue weighted by Crippen LogP contribution is -2.44. The van der Waals surface area contributed by atoms with Gasteiger partial charge in [-0.15, -0.1) is 0 Å². The number of hydrogen-bond donors (Lipinski definition) is 1. The predicted octanol–water partition coefficient (Wildman–Crippen LogP) is 0.773. The van der Waals surface area contributed by atoms with Gasteiger partial charge >= 0.3 is 0 Å². The van der Waals surface area contributed by atoms with E-state index in [1.54, 1.807) is 0 Å². The van der Waals surface area contributed by atoms with E-state index in [2.05, 4.69) is 11.8 Å². The van der Waals surface area contributed by atoms with Crippen molar-refractivity contribution in [2.45, 2.75) is 25.8 Å². The van der Waals surface area contributed by atoms with Gasteiger partial charge in [-0.25, -0.2) is 0 Å². The van der Waals surface area contributed by atoms with Crippen molar-refractivity contribution < 1.29 is 4.74 Å². The van der Waals surface area contributed by atoms with E-state index >= 15 is 0 Å². The molecule has 0 aromatic heterocycles. The quantitative estimate of drug-likeness (QED) is 0.684. The van der Waals surface area contributed by atoms with Crippen molar-refractivity contribution >= 4 is 17.2 Å². The van der Waals surface area contributed by atoms with Crippen LogP contribution in [0.25, 0.3) is 0 Å². The Morgan fingerprint density at radius 1 is 1.69 bits per heavy atom. The molecule has 1 saturated heterocycles. The average Bonchev–Trinajstić information content (AvgIpc) is 2.08. The Hall–Kier alpha value is -0.190.